The van der Waals surface area contributed by atoms with Gasteiger partial charge in [-0.1, -0.05) is 13.8 Å². The molecule has 0 bridgehead atoms. The van der Waals surface area contributed by atoms with Crippen molar-refractivity contribution in [2.24, 2.45) is 5.92 Å². The fourth-order valence-corrected chi connectivity index (χ4v) is 1.30. The third-order valence-corrected chi connectivity index (χ3v) is 2.34. The molecule has 1 aliphatic rings. The van der Waals surface area contributed by atoms with Crippen LogP contribution < -0.4 is 0 Å². The monoisotopic (exact) mass is 195 g/mol. The van der Waals surface area contributed by atoms with Crippen molar-refractivity contribution in [3.05, 3.63) is 0 Å². The molecule has 0 aliphatic carbocycles. The second-order valence-electron chi connectivity index (χ2n) is 3.03. The number of halogens is 2. The molecule has 1 saturated heterocycles. The highest BCUT2D eigenvalue weighted by molar-refractivity contribution is 4.85. The second-order valence-corrected chi connectivity index (χ2v) is 3.03. The lowest BCUT2D eigenvalue weighted by atomic mass is 9.92. The lowest BCUT2D eigenvalue weighted by Crippen LogP contribution is -2.53. The highest BCUT2D eigenvalue weighted by Gasteiger charge is 2.32. The molecule has 0 aromatic rings. The zero-order chi connectivity index (χ0) is 10.4. The molecule has 0 amide bonds. The van der Waals surface area contributed by atoms with E-state index in [1.807, 2.05) is 27.8 Å². The van der Waals surface area contributed by atoms with E-state index in [-0.39, 0.29) is 12.5 Å². The number of likely N-dealkylation sites (tertiary alicyclic amines) is 1. The van der Waals surface area contributed by atoms with Crippen LogP contribution in [-0.2, 0) is 4.74 Å². The summed E-state index contributed by atoms with van der Waals surface area (Å²) in [6.45, 7) is 4.45. The minimum Gasteiger partial charge on any atom is -0.323 e. The summed E-state index contributed by atoms with van der Waals surface area (Å²) >= 11 is 0. The van der Waals surface area contributed by atoms with E-state index in [4.69, 9.17) is 0 Å². The molecule has 13 heavy (non-hydrogen) atoms. The van der Waals surface area contributed by atoms with Crippen molar-refractivity contribution in [2.45, 2.75) is 33.4 Å². The normalized spacial score (nSPS) is 27.9. The summed E-state index contributed by atoms with van der Waals surface area (Å²) in [5, 5.41) is 0. The zero-order valence-electron chi connectivity index (χ0n) is 8.76. The van der Waals surface area contributed by atoms with E-state index in [0.29, 0.717) is 6.04 Å². The first-order chi connectivity index (χ1) is 6.11. The van der Waals surface area contributed by atoms with E-state index in [1.165, 1.54) is 0 Å². The lowest BCUT2D eigenvalue weighted by Gasteiger charge is -2.43. The first-order valence-corrected chi connectivity index (χ1v) is 4.71. The Kier molecular flexibility index (Phi) is 6.16. The first-order valence-electron chi connectivity index (χ1n) is 4.71. The Morgan fingerprint density at radius 3 is 2.31 bits per heavy atom. The lowest BCUT2D eigenvalue weighted by molar-refractivity contribution is -0.155. The molecule has 0 radical (unpaired) electrons. The number of nitrogens with zero attached hydrogens (tertiary/aromatic N) is 1. The average Bonchev–Trinajstić information content (AvgIpc) is 2.14. The molecule has 0 aromatic heterocycles. The summed E-state index contributed by atoms with van der Waals surface area (Å²) in [6.07, 6.45) is 0. The van der Waals surface area contributed by atoms with E-state index in [1.54, 1.807) is 0 Å². The molecular formula is C9H19F2NO. The molecule has 0 spiro atoms. The fraction of sp³-hybridized carbons (Fsp3) is 1.00. The summed E-state index contributed by atoms with van der Waals surface area (Å²) in [6, 6.07) is 0.383. The van der Waals surface area contributed by atoms with Gasteiger partial charge in [0.1, 0.15) is 0 Å². The maximum absolute atomic E-state index is 11.5. The zero-order valence-corrected chi connectivity index (χ0v) is 8.76. The van der Waals surface area contributed by atoms with Gasteiger partial charge in [-0.2, -0.15) is 8.78 Å². The number of hydrogen-bond acceptors (Lipinski definition) is 2. The highest BCUT2D eigenvalue weighted by Crippen LogP contribution is 2.22. The van der Waals surface area contributed by atoms with Crippen LogP contribution in [0.2, 0.25) is 0 Å². The van der Waals surface area contributed by atoms with E-state index in [2.05, 4.69) is 9.64 Å². The molecule has 1 aliphatic heterocycles. The molecule has 1 fully saturated rings. The van der Waals surface area contributed by atoms with Crippen molar-refractivity contribution in [1.82, 2.24) is 4.90 Å². The number of alkyl halides is 2. The molecule has 0 N–H and O–H groups in total. The molecule has 2 unspecified atom stereocenters. The quantitative estimate of drug-likeness (QED) is 0.684. The average molecular weight is 195 g/mol. The number of ether oxygens (including phenoxy) is 1. The molecule has 1 heterocycles. The molecular weight excluding hydrogens is 176 g/mol. The van der Waals surface area contributed by atoms with E-state index in [9.17, 15) is 8.78 Å². The van der Waals surface area contributed by atoms with Crippen molar-refractivity contribution in [3.8, 4) is 0 Å². The minimum absolute atomic E-state index is 0.184. The summed E-state index contributed by atoms with van der Waals surface area (Å²) in [5.41, 5.74) is 0. The van der Waals surface area contributed by atoms with Crippen molar-refractivity contribution in [2.75, 3.05) is 20.2 Å². The Hall–Kier alpha value is -0.220. The van der Waals surface area contributed by atoms with E-state index in [0.717, 1.165) is 6.54 Å². The Morgan fingerprint density at radius 1 is 1.46 bits per heavy atom. The summed E-state index contributed by atoms with van der Waals surface area (Å²) in [5.74, 6) is 0.286. The van der Waals surface area contributed by atoms with Gasteiger partial charge >= 0.3 is 6.61 Å². The molecule has 4 heteroatoms. The van der Waals surface area contributed by atoms with Crippen LogP contribution in [0.5, 0.6) is 0 Å². The predicted molar refractivity (Wildman–Crippen MR) is 48.9 cm³/mol. The van der Waals surface area contributed by atoms with E-state index < -0.39 is 6.61 Å². The highest BCUT2D eigenvalue weighted by atomic mass is 19.3. The summed E-state index contributed by atoms with van der Waals surface area (Å²) in [7, 11) is 1.98. The van der Waals surface area contributed by atoms with Crippen molar-refractivity contribution < 1.29 is 13.5 Å². The van der Waals surface area contributed by atoms with Crippen LogP contribution in [0, 0.1) is 5.92 Å². The Morgan fingerprint density at radius 2 is 2.00 bits per heavy atom. The van der Waals surface area contributed by atoms with Gasteiger partial charge in [0.25, 0.3) is 0 Å². The van der Waals surface area contributed by atoms with Gasteiger partial charge in [0.2, 0.25) is 0 Å². The SMILES string of the molecule is CC.CC1C(COC(F)F)CN1C. The van der Waals surface area contributed by atoms with Crippen LogP contribution in [0.4, 0.5) is 8.78 Å². The van der Waals surface area contributed by atoms with Gasteiger partial charge in [-0.3, -0.25) is 0 Å². The van der Waals surface area contributed by atoms with Gasteiger partial charge in [-0.25, -0.2) is 0 Å². The van der Waals surface area contributed by atoms with Gasteiger partial charge in [-0.05, 0) is 14.0 Å². The molecule has 80 valence electrons. The van der Waals surface area contributed by atoms with Crippen molar-refractivity contribution >= 4 is 0 Å². The van der Waals surface area contributed by atoms with Crippen LogP contribution in [0.15, 0.2) is 0 Å². The van der Waals surface area contributed by atoms with Gasteiger partial charge in [-0.15, -0.1) is 0 Å². The van der Waals surface area contributed by atoms with Gasteiger partial charge < -0.3 is 9.64 Å². The van der Waals surface area contributed by atoms with Gasteiger partial charge in [0, 0.05) is 18.5 Å². The maximum Gasteiger partial charge on any atom is 0.345 e. The van der Waals surface area contributed by atoms with Gasteiger partial charge in [0.05, 0.1) is 6.61 Å². The number of rotatable bonds is 3. The number of hydrogen-bond donors (Lipinski definition) is 0. The third kappa shape index (κ3) is 4.00. The molecule has 0 aromatic carbocycles. The molecule has 1 rings (SSSR count). The Bertz CT molecular complexity index is 133. The molecule has 2 atom stereocenters. The van der Waals surface area contributed by atoms with E-state index >= 15 is 0 Å². The Balaban J connectivity index is 0.000000671. The molecule has 0 saturated carbocycles. The first kappa shape index (κ1) is 12.8. The minimum atomic E-state index is -2.62. The Labute approximate surface area is 78.9 Å². The standard InChI is InChI=1S/C7H13F2NO.C2H6/c1-5-6(3-10(5)2)4-11-7(8)9;1-2/h5-7H,3-4H2,1-2H3;1-2H3. The maximum atomic E-state index is 11.5. The van der Waals surface area contributed by atoms with Crippen LogP contribution in [0.3, 0.4) is 0 Å². The largest absolute Gasteiger partial charge is 0.345 e. The van der Waals surface area contributed by atoms with Crippen LogP contribution in [-0.4, -0.2) is 37.8 Å². The summed E-state index contributed by atoms with van der Waals surface area (Å²) < 4.78 is 27.3. The third-order valence-electron chi connectivity index (χ3n) is 2.34. The topological polar surface area (TPSA) is 12.5 Å². The predicted octanol–water partition coefficient (Wildman–Crippen LogP) is 2.20. The smallest absolute Gasteiger partial charge is 0.323 e. The fourth-order valence-electron chi connectivity index (χ4n) is 1.30. The van der Waals surface area contributed by atoms with Crippen molar-refractivity contribution in [3.63, 3.8) is 0 Å². The van der Waals surface area contributed by atoms with Crippen LogP contribution >= 0.6 is 0 Å². The molecule has 2 nitrogen and oxygen atoms in total. The van der Waals surface area contributed by atoms with Crippen LogP contribution in [0.25, 0.3) is 0 Å². The van der Waals surface area contributed by atoms with Crippen LogP contribution in [0.1, 0.15) is 20.8 Å². The summed E-state index contributed by atoms with van der Waals surface area (Å²) in [4.78, 5) is 2.11. The van der Waals surface area contributed by atoms with Crippen molar-refractivity contribution in [1.29, 1.82) is 0 Å². The van der Waals surface area contributed by atoms with Gasteiger partial charge in [0.15, 0.2) is 0 Å². The second kappa shape index (κ2) is 6.27.